The average Bonchev–Trinajstić information content (AvgIpc) is 3.66. The van der Waals surface area contributed by atoms with Crippen molar-refractivity contribution in [2.45, 2.75) is 79.1 Å². The fourth-order valence-electron chi connectivity index (χ4n) is 6.42. The van der Waals surface area contributed by atoms with Crippen LogP contribution in [0.25, 0.3) is 44.4 Å². The molecule has 0 fully saturated rings. The zero-order chi connectivity index (χ0) is 34.9. The van der Waals surface area contributed by atoms with Gasteiger partial charge < -0.3 is 30.4 Å². The predicted octanol–water partition coefficient (Wildman–Crippen LogP) is 6.55. The van der Waals surface area contributed by atoms with Crippen LogP contribution in [0.3, 0.4) is 0 Å². The van der Waals surface area contributed by atoms with E-state index < -0.39 is 23.9 Å². The van der Waals surface area contributed by atoms with Crippen molar-refractivity contribution in [3.8, 4) is 0 Å². The number of aryl methyl sites for hydroxylation is 4. The van der Waals surface area contributed by atoms with Crippen LogP contribution in [0.2, 0.25) is 0 Å². The smallest absolute Gasteiger partial charge is 0.481 e. The molecule has 0 aromatic carbocycles. The van der Waals surface area contributed by atoms with E-state index in [0.717, 1.165) is 44.5 Å². The van der Waals surface area contributed by atoms with Gasteiger partial charge in [0.25, 0.3) is 0 Å². The number of hydrogen-bond acceptors (Lipinski definition) is 6. The number of allylic oxidation sites excluding steroid dienone is 4. The Morgan fingerprint density at radius 3 is 1.27 bits per heavy atom. The molecule has 49 heavy (non-hydrogen) atoms. The Kier molecular flexibility index (Phi) is 11.4. The normalized spacial score (nSPS) is 12.7. The molecule has 3 aromatic heterocycles. The number of aliphatic carboxylic acids is 4. The molecule has 1 radical (unpaired) electrons. The van der Waals surface area contributed by atoms with Gasteiger partial charge in [-0.2, -0.15) is 0 Å². The summed E-state index contributed by atoms with van der Waals surface area (Å²) in [4.78, 5) is 63.1. The number of rotatable bonds is 12. The van der Waals surface area contributed by atoms with Crippen LogP contribution in [0.15, 0.2) is 24.3 Å². The van der Waals surface area contributed by atoms with Crippen LogP contribution in [0.5, 0.6) is 0 Å². The largest absolute Gasteiger partial charge is 3.00 e. The van der Waals surface area contributed by atoms with Gasteiger partial charge in [-0.05, 0) is 122 Å². The van der Waals surface area contributed by atoms with Gasteiger partial charge in [0.1, 0.15) is 0 Å². The molecule has 5 heterocycles. The molecule has 0 unspecified atom stereocenters. The second-order valence-corrected chi connectivity index (χ2v) is 12.2. The SMILES string of the molecule is CC1=C(CCC(=O)O)c2cc3nc(cc4[nH]c(cc5[nH]c(cc1n2)c(C)c5CCC(=O)O)c(CCC(=O)O)c4C)C(CCC(=O)O)=C3C.[Ru+3]. The molecule has 0 aliphatic carbocycles. The Balaban J connectivity index is 0.00000541. The Labute approximate surface area is 294 Å². The maximum atomic E-state index is 11.6. The molecule has 0 atom stereocenters. The van der Waals surface area contributed by atoms with E-state index in [1.54, 1.807) is 0 Å². The Hall–Kier alpha value is -4.90. The van der Waals surface area contributed by atoms with E-state index in [9.17, 15) is 39.6 Å². The number of aromatic amines is 2. The van der Waals surface area contributed by atoms with Crippen molar-refractivity contribution in [2.24, 2.45) is 0 Å². The maximum Gasteiger partial charge on any atom is 3.00 e. The molecule has 0 saturated heterocycles. The maximum absolute atomic E-state index is 11.6. The summed E-state index contributed by atoms with van der Waals surface area (Å²) < 4.78 is 0. The molecule has 0 amide bonds. The molecule has 255 valence electrons. The van der Waals surface area contributed by atoms with E-state index in [1.807, 2.05) is 52.0 Å². The van der Waals surface area contributed by atoms with E-state index in [4.69, 9.17) is 9.97 Å². The molecule has 12 nitrogen and oxygen atoms in total. The van der Waals surface area contributed by atoms with E-state index in [2.05, 4.69) is 9.97 Å². The minimum Gasteiger partial charge on any atom is -0.481 e. The number of hydrogen-bond donors (Lipinski definition) is 6. The van der Waals surface area contributed by atoms with Crippen molar-refractivity contribution < 1.29 is 59.1 Å². The third-order valence-corrected chi connectivity index (χ3v) is 9.16. The minimum atomic E-state index is -0.946. The number of carbonyl (C=O) groups is 4. The first-order valence-electron chi connectivity index (χ1n) is 15.7. The van der Waals surface area contributed by atoms with Crippen LogP contribution in [-0.2, 0) is 51.5 Å². The second-order valence-electron chi connectivity index (χ2n) is 12.2. The summed E-state index contributed by atoms with van der Waals surface area (Å²) in [6.07, 6.45) is 0.578. The Bertz CT molecular complexity index is 2100. The van der Waals surface area contributed by atoms with Gasteiger partial charge in [0.15, 0.2) is 0 Å². The van der Waals surface area contributed by atoms with Gasteiger partial charge in [-0.25, -0.2) is 9.97 Å². The second kappa shape index (κ2) is 15.1. The van der Waals surface area contributed by atoms with Gasteiger partial charge in [0, 0.05) is 47.8 Å². The van der Waals surface area contributed by atoms with Crippen LogP contribution in [-0.4, -0.2) is 64.2 Å². The van der Waals surface area contributed by atoms with Gasteiger partial charge in [-0.1, -0.05) is 0 Å². The van der Waals surface area contributed by atoms with Gasteiger partial charge in [0.2, 0.25) is 0 Å². The first-order valence-corrected chi connectivity index (χ1v) is 15.7. The van der Waals surface area contributed by atoms with Crippen molar-refractivity contribution in [1.82, 2.24) is 19.9 Å². The van der Waals surface area contributed by atoms with Crippen molar-refractivity contribution in [3.63, 3.8) is 0 Å². The van der Waals surface area contributed by atoms with Crippen molar-refractivity contribution in [2.75, 3.05) is 0 Å². The third kappa shape index (κ3) is 8.05. The van der Waals surface area contributed by atoms with Crippen LogP contribution in [0.1, 0.15) is 97.4 Å². The molecular weight excluding hydrogens is 717 g/mol. The van der Waals surface area contributed by atoms with Gasteiger partial charge in [-0.3, -0.25) is 19.2 Å². The number of H-pyrrole nitrogens is 2. The monoisotopic (exact) mass is 756 g/mol. The van der Waals surface area contributed by atoms with Gasteiger partial charge >= 0.3 is 43.4 Å². The van der Waals surface area contributed by atoms with Crippen molar-refractivity contribution in [3.05, 3.63) is 69.3 Å². The van der Waals surface area contributed by atoms with Crippen LogP contribution < -0.4 is 0 Å². The summed E-state index contributed by atoms with van der Waals surface area (Å²) >= 11 is 0. The molecule has 0 saturated carbocycles. The summed E-state index contributed by atoms with van der Waals surface area (Å²) in [5.41, 5.74) is 11.4. The summed E-state index contributed by atoms with van der Waals surface area (Å²) in [7, 11) is 0. The van der Waals surface area contributed by atoms with Crippen LogP contribution >= 0.6 is 0 Å². The molecule has 2 aliphatic rings. The zero-order valence-electron chi connectivity index (χ0n) is 27.6. The molecular formula is C36H38N4O8Ru+3. The number of nitrogens with zero attached hydrogens (tertiary/aromatic N) is 2. The summed E-state index contributed by atoms with van der Waals surface area (Å²) in [5, 5.41) is 38.0. The number of carboxylic acid groups (broad SMARTS) is 4. The van der Waals surface area contributed by atoms with E-state index in [0.29, 0.717) is 44.8 Å². The molecule has 8 bridgehead atoms. The predicted molar refractivity (Wildman–Crippen MR) is 181 cm³/mol. The Morgan fingerprint density at radius 1 is 0.510 bits per heavy atom. The van der Waals surface area contributed by atoms with Crippen molar-refractivity contribution in [1.29, 1.82) is 0 Å². The summed E-state index contributed by atoms with van der Waals surface area (Å²) in [5.74, 6) is -3.76. The topological polar surface area (TPSA) is 207 Å². The number of carboxylic acids is 4. The number of fused-ring (bicyclic) bond motifs is 8. The van der Waals surface area contributed by atoms with Crippen molar-refractivity contribution >= 4 is 68.2 Å². The molecule has 0 spiro atoms. The molecule has 5 rings (SSSR count). The molecule has 2 aliphatic heterocycles. The molecule has 13 heteroatoms. The minimum absolute atomic E-state index is 0. The quantitative estimate of drug-likeness (QED) is 0.110. The molecule has 6 N–H and O–H groups in total. The average molecular weight is 756 g/mol. The van der Waals surface area contributed by atoms with Gasteiger partial charge in [0.05, 0.1) is 22.8 Å². The fourth-order valence-corrected chi connectivity index (χ4v) is 6.42. The summed E-state index contributed by atoms with van der Waals surface area (Å²) in [6, 6.07) is 7.40. The fraction of sp³-hybridized carbons (Fsp3) is 0.333. The van der Waals surface area contributed by atoms with E-state index in [1.165, 1.54) is 0 Å². The first-order chi connectivity index (χ1) is 22.7. The standard InChI is InChI=1S/C36H38N4O8.Ru/c1-17-21(5-9-33(41)42)29-14-27-19(3)22(6-10-34(43)44)30(39-27)15-28-20(4)24(8-12-36(47)48)32(40-28)16-31-23(7-11-35(45)46)18(2)26(38-31)13-25(17)37-29;/h13-16,38,40H,5-12H2,1-4H3,(H,41,42)(H,43,44)(H,45,46)(H,47,48);/q;+3. The third-order valence-electron chi connectivity index (χ3n) is 9.16. The van der Waals surface area contributed by atoms with Crippen LogP contribution in [0.4, 0.5) is 0 Å². The van der Waals surface area contributed by atoms with E-state index in [-0.39, 0.29) is 70.8 Å². The number of aromatic nitrogens is 4. The van der Waals surface area contributed by atoms with E-state index >= 15 is 0 Å². The van der Waals surface area contributed by atoms with Gasteiger partial charge in [-0.15, -0.1) is 0 Å². The molecule has 3 aromatic rings. The zero-order valence-corrected chi connectivity index (χ0v) is 29.4. The first kappa shape index (κ1) is 36.9. The van der Waals surface area contributed by atoms with Crippen LogP contribution in [0, 0.1) is 13.8 Å². The Morgan fingerprint density at radius 2 is 0.857 bits per heavy atom. The number of nitrogens with one attached hydrogen (secondary N) is 2. The summed E-state index contributed by atoms with van der Waals surface area (Å²) in [6.45, 7) is 7.56.